The van der Waals surface area contributed by atoms with Gasteiger partial charge < -0.3 is 10.6 Å². The Kier molecular flexibility index (Phi) is 5.28. The Morgan fingerprint density at radius 2 is 2.00 bits per heavy atom. The molecule has 102 valence electrons. The van der Waals surface area contributed by atoms with Gasteiger partial charge in [0.25, 0.3) is 0 Å². The van der Waals surface area contributed by atoms with Crippen LogP contribution in [0, 0.1) is 0 Å². The summed E-state index contributed by atoms with van der Waals surface area (Å²) in [5, 5.41) is 0.401. The number of alkyl halides is 3. The second kappa shape index (κ2) is 6.29. The fraction of sp³-hybridized carbons (Fsp3) is 0.500. The lowest BCUT2D eigenvalue weighted by molar-refractivity contribution is -0.119. The number of anilines is 1. The van der Waals surface area contributed by atoms with E-state index >= 15 is 0 Å². The van der Waals surface area contributed by atoms with Crippen molar-refractivity contribution >= 4 is 17.3 Å². The van der Waals surface area contributed by atoms with Crippen LogP contribution in [0.5, 0.6) is 0 Å². The second-order valence-electron chi connectivity index (χ2n) is 4.02. The van der Waals surface area contributed by atoms with Crippen LogP contribution in [0.25, 0.3) is 0 Å². The Bertz CT molecular complexity index is 393. The fourth-order valence-corrected chi connectivity index (χ4v) is 1.94. The maximum atomic E-state index is 12.5. The summed E-state index contributed by atoms with van der Waals surface area (Å²) in [7, 11) is 0. The van der Waals surface area contributed by atoms with Crippen LogP contribution in [0.2, 0.25) is 5.02 Å². The molecule has 1 rings (SSSR count). The van der Waals surface area contributed by atoms with Crippen molar-refractivity contribution < 1.29 is 13.2 Å². The highest BCUT2D eigenvalue weighted by Gasteiger charge is 2.30. The zero-order valence-corrected chi connectivity index (χ0v) is 10.9. The molecule has 0 aliphatic carbocycles. The molecule has 0 saturated carbocycles. The van der Waals surface area contributed by atoms with Crippen LogP contribution in [-0.4, -0.2) is 19.3 Å². The first kappa shape index (κ1) is 15.1. The van der Waals surface area contributed by atoms with Crippen LogP contribution in [-0.2, 0) is 6.54 Å². The summed E-state index contributed by atoms with van der Waals surface area (Å²) in [4.78, 5) is 1.27. The first-order valence-electron chi connectivity index (χ1n) is 5.67. The Balaban J connectivity index is 2.95. The summed E-state index contributed by atoms with van der Waals surface area (Å²) in [6.45, 7) is 1.46. The molecule has 0 aliphatic rings. The minimum atomic E-state index is -4.23. The highest BCUT2D eigenvalue weighted by molar-refractivity contribution is 6.31. The minimum Gasteiger partial charge on any atom is -0.363 e. The predicted molar refractivity (Wildman–Crippen MR) is 67.9 cm³/mol. The molecule has 0 bridgehead atoms. The molecule has 0 heterocycles. The van der Waals surface area contributed by atoms with Crippen LogP contribution < -0.4 is 10.6 Å². The van der Waals surface area contributed by atoms with Crippen LogP contribution in [0.3, 0.4) is 0 Å². The van der Waals surface area contributed by atoms with Crippen molar-refractivity contribution in [1.82, 2.24) is 0 Å². The van der Waals surface area contributed by atoms with E-state index in [-0.39, 0.29) is 6.54 Å². The summed E-state index contributed by atoms with van der Waals surface area (Å²) in [6, 6.07) is 4.82. The maximum absolute atomic E-state index is 12.5. The van der Waals surface area contributed by atoms with E-state index < -0.39 is 12.7 Å². The van der Waals surface area contributed by atoms with E-state index in [9.17, 15) is 13.2 Å². The number of nitrogens with zero attached hydrogens (tertiary/aromatic N) is 1. The van der Waals surface area contributed by atoms with E-state index in [2.05, 4.69) is 0 Å². The number of benzene rings is 1. The van der Waals surface area contributed by atoms with E-state index in [1.165, 1.54) is 11.0 Å². The lowest BCUT2D eigenvalue weighted by Crippen LogP contribution is -2.34. The van der Waals surface area contributed by atoms with Crippen LogP contribution in [0.15, 0.2) is 18.2 Å². The Labute approximate surface area is 110 Å². The van der Waals surface area contributed by atoms with Gasteiger partial charge in [0.15, 0.2) is 0 Å². The van der Waals surface area contributed by atoms with E-state index in [0.717, 1.165) is 5.56 Å². The number of rotatable bonds is 5. The van der Waals surface area contributed by atoms with E-state index in [0.29, 0.717) is 23.7 Å². The number of nitrogens with two attached hydrogens (primary N) is 1. The number of hydrogen-bond donors (Lipinski definition) is 1. The van der Waals surface area contributed by atoms with Crippen molar-refractivity contribution in [2.45, 2.75) is 26.1 Å². The van der Waals surface area contributed by atoms with Crippen LogP contribution in [0.1, 0.15) is 18.9 Å². The minimum absolute atomic E-state index is 0.270. The maximum Gasteiger partial charge on any atom is 0.405 e. The molecule has 1 aromatic carbocycles. The monoisotopic (exact) mass is 280 g/mol. The average Bonchev–Trinajstić information content (AvgIpc) is 2.26. The van der Waals surface area contributed by atoms with Crippen molar-refractivity contribution in [3.63, 3.8) is 0 Å². The van der Waals surface area contributed by atoms with Gasteiger partial charge in [0.05, 0.1) is 0 Å². The van der Waals surface area contributed by atoms with Crippen molar-refractivity contribution in [1.29, 1.82) is 0 Å². The summed E-state index contributed by atoms with van der Waals surface area (Å²) in [6.07, 6.45) is -3.60. The molecule has 0 spiro atoms. The molecule has 0 radical (unpaired) electrons. The van der Waals surface area contributed by atoms with Gasteiger partial charge in [-0.1, -0.05) is 24.6 Å². The van der Waals surface area contributed by atoms with E-state index in [1.807, 2.05) is 6.92 Å². The molecular weight excluding hydrogens is 265 g/mol. The molecule has 6 heteroatoms. The first-order valence-corrected chi connectivity index (χ1v) is 6.05. The molecule has 0 amide bonds. The van der Waals surface area contributed by atoms with Gasteiger partial charge in [-0.25, -0.2) is 0 Å². The summed E-state index contributed by atoms with van der Waals surface area (Å²) in [5.74, 6) is 0. The van der Waals surface area contributed by atoms with Gasteiger partial charge in [-0.2, -0.15) is 13.2 Å². The zero-order chi connectivity index (χ0) is 13.8. The normalized spacial score (nSPS) is 11.7. The van der Waals surface area contributed by atoms with Gasteiger partial charge in [0, 0.05) is 23.8 Å². The molecule has 2 nitrogen and oxygen atoms in total. The first-order chi connectivity index (χ1) is 8.37. The third kappa shape index (κ3) is 4.38. The molecule has 0 atom stereocenters. The molecular formula is C12H16ClF3N2. The SMILES string of the molecule is CCCN(CC(F)(F)F)c1ccc(CN)c(Cl)c1. The topological polar surface area (TPSA) is 29.3 Å². The zero-order valence-electron chi connectivity index (χ0n) is 10.1. The van der Waals surface area contributed by atoms with Crippen LogP contribution >= 0.6 is 11.6 Å². The van der Waals surface area contributed by atoms with Gasteiger partial charge in [0.2, 0.25) is 0 Å². The molecule has 0 aliphatic heterocycles. The van der Waals surface area contributed by atoms with Gasteiger partial charge in [0.1, 0.15) is 6.54 Å². The Morgan fingerprint density at radius 1 is 1.33 bits per heavy atom. The van der Waals surface area contributed by atoms with Gasteiger partial charge >= 0.3 is 6.18 Å². The lowest BCUT2D eigenvalue weighted by atomic mass is 10.2. The molecule has 0 saturated heterocycles. The number of hydrogen-bond acceptors (Lipinski definition) is 2. The van der Waals surface area contributed by atoms with Crippen molar-refractivity contribution in [2.24, 2.45) is 5.73 Å². The van der Waals surface area contributed by atoms with Crippen molar-refractivity contribution in [3.8, 4) is 0 Å². The molecule has 0 fully saturated rings. The highest BCUT2D eigenvalue weighted by atomic mass is 35.5. The molecule has 18 heavy (non-hydrogen) atoms. The second-order valence-corrected chi connectivity index (χ2v) is 4.42. The molecule has 0 unspecified atom stereocenters. The predicted octanol–water partition coefficient (Wildman–Crippen LogP) is 3.58. The lowest BCUT2D eigenvalue weighted by Gasteiger charge is -2.26. The van der Waals surface area contributed by atoms with Gasteiger partial charge in [-0.15, -0.1) is 0 Å². The number of halogens is 4. The average molecular weight is 281 g/mol. The molecule has 0 aromatic heterocycles. The van der Waals surface area contributed by atoms with E-state index in [4.69, 9.17) is 17.3 Å². The Morgan fingerprint density at radius 3 is 2.44 bits per heavy atom. The summed E-state index contributed by atoms with van der Waals surface area (Å²) >= 11 is 5.96. The van der Waals surface area contributed by atoms with Crippen LogP contribution in [0.4, 0.5) is 18.9 Å². The Hall–Kier alpha value is -0.940. The molecule has 2 N–H and O–H groups in total. The molecule has 1 aromatic rings. The largest absolute Gasteiger partial charge is 0.405 e. The summed E-state index contributed by atoms with van der Waals surface area (Å²) in [5.41, 5.74) is 6.65. The standard InChI is InChI=1S/C12H16ClF3N2/c1-2-5-18(8-12(14,15)16)10-4-3-9(7-17)11(13)6-10/h3-4,6H,2,5,7-8,17H2,1H3. The fourth-order valence-electron chi connectivity index (χ4n) is 1.68. The van der Waals surface area contributed by atoms with Gasteiger partial charge in [-0.05, 0) is 24.1 Å². The third-order valence-corrected chi connectivity index (χ3v) is 2.84. The smallest absolute Gasteiger partial charge is 0.363 e. The van der Waals surface area contributed by atoms with Gasteiger partial charge in [-0.3, -0.25) is 0 Å². The van der Waals surface area contributed by atoms with Crippen molar-refractivity contribution in [2.75, 3.05) is 18.0 Å². The van der Waals surface area contributed by atoms with Crippen molar-refractivity contribution in [3.05, 3.63) is 28.8 Å². The quantitative estimate of drug-likeness (QED) is 0.893. The third-order valence-electron chi connectivity index (χ3n) is 2.49. The highest BCUT2D eigenvalue weighted by Crippen LogP contribution is 2.26. The summed E-state index contributed by atoms with van der Waals surface area (Å²) < 4.78 is 37.4. The van der Waals surface area contributed by atoms with E-state index in [1.54, 1.807) is 12.1 Å².